The summed E-state index contributed by atoms with van der Waals surface area (Å²) in [4.78, 5) is 2.49. The molecule has 1 atom stereocenters. The molecule has 0 spiro atoms. The summed E-state index contributed by atoms with van der Waals surface area (Å²) in [7, 11) is 0. The zero-order chi connectivity index (χ0) is 14.2. The van der Waals surface area contributed by atoms with Gasteiger partial charge < -0.3 is 20.5 Å². The van der Waals surface area contributed by atoms with Crippen molar-refractivity contribution in [2.24, 2.45) is 5.92 Å². The van der Waals surface area contributed by atoms with Crippen molar-refractivity contribution in [1.82, 2.24) is 4.90 Å². The lowest BCUT2D eigenvalue weighted by Gasteiger charge is -2.32. The van der Waals surface area contributed by atoms with E-state index in [-0.39, 0.29) is 0 Å². The first-order chi connectivity index (χ1) is 9.78. The first kappa shape index (κ1) is 15.1. The number of ether oxygens (including phenoxy) is 1. The largest absolute Gasteiger partial charge is 0.493 e. The molecule has 3 N–H and O–H groups in total. The van der Waals surface area contributed by atoms with Gasteiger partial charge in [0.05, 0.1) is 6.61 Å². The average molecular weight is 278 g/mol. The second-order valence-corrected chi connectivity index (χ2v) is 5.60. The third kappa shape index (κ3) is 5.02. The predicted molar refractivity (Wildman–Crippen MR) is 81.8 cm³/mol. The number of benzene rings is 1. The number of likely N-dealkylation sites (tertiary alicyclic amines) is 1. The Morgan fingerprint density at radius 2 is 2.30 bits per heavy atom. The molecule has 1 saturated heterocycles. The summed E-state index contributed by atoms with van der Waals surface area (Å²) in [6, 6.07) is 7.57. The number of anilines is 1. The lowest BCUT2D eigenvalue weighted by molar-refractivity contribution is 0.140. The molecule has 0 aliphatic carbocycles. The van der Waals surface area contributed by atoms with Crippen molar-refractivity contribution >= 4 is 5.69 Å². The Balaban J connectivity index is 1.63. The molecule has 1 aliphatic heterocycles. The van der Waals surface area contributed by atoms with E-state index in [1.54, 1.807) is 0 Å². The lowest BCUT2D eigenvalue weighted by Crippen LogP contribution is -2.36. The Hall–Kier alpha value is -1.26. The highest BCUT2D eigenvalue weighted by molar-refractivity contribution is 5.43. The minimum Gasteiger partial charge on any atom is -0.493 e. The van der Waals surface area contributed by atoms with Crippen molar-refractivity contribution in [3.05, 3.63) is 24.3 Å². The lowest BCUT2D eigenvalue weighted by atomic mass is 9.95. The molecule has 1 aromatic rings. The van der Waals surface area contributed by atoms with Gasteiger partial charge in [0.25, 0.3) is 0 Å². The van der Waals surface area contributed by atoms with E-state index in [0.717, 1.165) is 44.0 Å². The van der Waals surface area contributed by atoms with E-state index in [2.05, 4.69) is 4.90 Å². The summed E-state index contributed by atoms with van der Waals surface area (Å²) in [6.45, 7) is 4.42. The van der Waals surface area contributed by atoms with Crippen molar-refractivity contribution in [2.45, 2.75) is 25.7 Å². The van der Waals surface area contributed by atoms with E-state index in [1.165, 1.54) is 19.4 Å². The number of hydrogen-bond acceptors (Lipinski definition) is 4. The van der Waals surface area contributed by atoms with Gasteiger partial charge in [-0.2, -0.15) is 0 Å². The molecule has 1 heterocycles. The Morgan fingerprint density at radius 1 is 1.40 bits per heavy atom. The van der Waals surface area contributed by atoms with E-state index in [4.69, 9.17) is 15.6 Å². The average Bonchev–Trinajstić information content (AvgIpc) is 2.45. The van der Waals surface area contributed by atoms with Crippen LogP contribution in [0.15, 0.2) is 24.3 Å². The van der Waals surface area contributed by atoms with Gasteiger partial charge >= 0.3 is 0 Å². The summed E-state index contributed by atoms with van der Waals surface area (Å²) in [6.07, 6.45) is 4.48. The van der Waals surface area contributed by atoms with Crippen LogP contribution in [0, 0.1) is 5.92 Å². The predicted octanol–water partition coefficient (Wildman–Crippen LogP) is 2.13. The quantitative estimate of drug-likeness (QED) is 0.592. The van der Waals surface area contributed by atoms with Gasteiger partial charge in [0.2, 0.25) is 0 Å². The Bertz CT molecular complexity index is 396. The van der Waals surface area contributed by atoms with E-state index in [1.807, 2.05) is 24.3 Å². The van der Waals surface area contributed by atoms with Crippen molar-refractivity contribution in [2.75, 3.05) is 38.6 Å². The summed E-state index contributed by atoms with van der Waals surface area (Å²) >= 11 is 0. The van der Waals surface area contributed by atoms with E-state index in [0.29, 0.717) is 12.5 Å². The molecule has 0 aromatic heterocycles. The fraction of sp³-hybridized carbons (Fsp3) is 0.625. The maximum Gasteiger partial charge on any atom is 0.121 e. The van der Waals surface area contributed by atoms with Crippen molar-refractivity contribution in [3.63, 3.8) is 0 Å². The second-order valence-electron chi connectivity index (χ2n) is 5.60. The number of aliphatic hydroxyl groups excluding tert-OH is 1. The van der Waals surface area contributed by atoms with Gasteiger partial charge in [-0.3, -0.25) is 0 Å². The van der Waals surface area contributed by atoms with Gasteiger partial charge in [-0.25, -0.2) is 0 Å². The van der Waals surface area contributed by atoms with Gasteiger partial charge in [0.1, 0.15) is 5.75 Å². The maximum atomic E-state index is 9.02. The minimum atomic E-state index is 0.317. The summed E-state index contributed by atoms with van der Waals surface area (Å²) < 4.78 is 5.71. The van der Waals surface area contributed by atoms with Gasteiger partial charge in [-0.15, -0.1) is 0 Å². The molecule has 0 bridgehead atoms. The number of nitrogens with two attached hydrogens (primary N) is 1. The van der Waals surface area contributed by atoms with Crippen molar-refractivity contribution < 1.29 is 9.84 Å². The Labute approximate surface area is 121 Å². The van der Waals surface area contributed by atoms with Crippen LogP contribution in [0.4, 0.5) is 5.69 Å². The normalized spacial score (nSPS) is 19.9. The van der Waals surface area contributed by atoms with Gasteiger partial charge in [-0.05, 0) is 50.3 Å². The molecule has 4 heteroatoms. The molecule has 20 heavy (non-hydrogen) atoms. The highest BCUT2D eigenvalue weighted by atomic mass is 16.5. The zero-order valence-electron chi connectivity index (χ0n) is 12.1. The van der Waals surface area contributed by atoms with Crippen LogP contribution in [0.1, 0.15) is 25.7 Å². The zero-order valence-corrected chi connectivity index (χ0v) is 12.1. The van der Waals surface area contributed by atoms with Crippen LogP contribution in [0.2, 0.25) is 0 Å². The first-order valence-electron chi connectivity index (χ1n) is 7.59. The standard InChI is InChI=1S/C16H26N2O2/c17-15-5-1-6-16(12-15)20-11-3-9-18-8-2-4-14(13-18)7-10-19/h1,5-6,12,14,19H,2-4,7-11,13,17H2. The smallest absolute Gasteiger partial charge is 0.121 e. The number of piperidine rings is 1. The van der Waals surface area contributed by atoms with Crippen LogP contribution < -0.4 is 10.5 Å². The van der Waals surface area contributed by atoms with Crippen molar-refractivity contribution in [3.8, 4) is 5.75 Å². The van der Waals surface area contributed by atoms with Gasteiger partial charge in [0, 0.05) is 31.5 Å². The number of nitrogen functional groups attached to an aromatic ring is 1. The molecule has 0 amide bonds. The summed E-state index contributed by atoms with van der Waals surface area (Å²) in [5.74, 6) is 1.52. The molecular weight excluding hydrogens is 252 g/mol. The van der Waals surface area contributed by atoms with E-state index < -0.39 is 0 Å². The molecule has 1 fully saturated rings. The highest BCUT2D eigenvalue weighted by Gasteiger charge is 2.18. The topological polar surface area (TPSA) is 58.7 Å². The molecular formula is C16H26N2O2. The SMILES string of the molecule is Nc1cccc(OCCCN2CCCC(CCO)C2)c1. The number of aliphatic hydroxyl groups is 1. The fourth-order valence-electron chi connectivity index (χ4n) is 2.86. The molecule has 2 rings (SSSR count). The summed E-state index contributed by atoms with van der Waals surface area (Å²) in [5, 5.41) is 9.02. The second kappa shape index (κ2) is 8.12. The molecule has 0 radical (unpaired) electrons. The summed E-state index contributed by atoms with van der Waals surface area (Å²) in [5.41, 5.74) is 6.46. The van der Waals surface area contributed by atoms with Crippen LogP contribution >= 0.6 is 0 Å². The Kier molecular flexibility index (Phi) is 6.15. The molecule has 112 valence electrons. The molecule has 1 aromatic carbocycles. The van der Waals surface area contributed by atoms with Crippen LogP contribution in [-0.2, 0) is 0 Å². The number of rotatable bonds is 7. The van der Waals surface area contributed by atoms with Crippen LogP contribution in [-0.4, -0.2) is 42.9 Å². The Morgan fingerprint density at radius 3 is 3.10 bits per heavy atom. The van der Waals surface area contributed by atoms with Crippen LogP contribution in [0.5, 0.6) is 5.75 Å². The third-order valence-corrected chi connectivity index (χ3v) is 3.89. The molecule has 1 unspecified atom stereocenters. The van der Waals surface area contributed by atoms with Crippen LogP contribution in [0.3, 0.4) is 0 Å². The monoisotopic (exact) mass is 278 g/mol. The molecule has 0 saturated carbocycles. The minimum absolute atomic E-state index is 0.317. The molecule has 1 aliphatic rings. The van der Waals surface area contributed by atoms with Gasteiger partial charge in [0.15, 0.2) is 0 Å². The van der Waals surface area contributed by atoms with Crippen LogP contribution in [0.25, 0.3) is 0 Å². The third-order valence-electron chi connectivity index (χ3n) is 3.89. The first-order valence-corrected chi connectivity index (χ1v) is 7.59. The van der Waals surface area contributed by atoms with Gasteiger partial charge in [-0.1, -0.05) is 6.07 Å². The van der Waals surface area contributed by atoms with E-state index >= 15 is 0 Å². The number of hydrogen-bond donors (Lipinski definition) is 2. The number of nitrogens with zero attached hydrogens (tertiary/aromatic N) is 1. The molecule has 4 nitrogen and oxygen atoms in total. The van der Waals surface area contributed by atoms with Crippen molar-refractivity contribution in [1.29, 1.82) is 0 Å². The highest BCUT2D eigenvalue weighted by Crippen LogP contribution is 2.19. The fourth-order valence-corrected chi connectivity index (χ4v) is 2.86. The van der Waals surface area contributed by atoms with E-state index in [9.17, 15) is 0 Å². The maximum absolute atomic E-state index is 9.02.